The first-order valence-corrected chi connectivity index (χ1v) is 10.4. The zero-order chi connectivity index (χ0) is 23.8. The van der Waals surface area contributed by atoms with Crippen molar-refractivity contribution in [3.63, 3.8) is 0 Å². The van der Waals surface area contributed by atoms with Gasteiger partial charge in [0.05, 0.1) is 0 Å². The summed E-state index contributed by atoms with van der Waals surface area (Å²) >= 11 is 0. The zero-order valence-electron chi connectivity index (χ0n) is 18.8. The van der Waals surface area contributed by atoms with E-state index in [-0.39, 0.29) is 12.5 Å². The lowest BCUT2D eigenvalue weighted by Gasteiger charge is -2.19. The Hall–Kier alpha value is -4.33. The summed E-state index contributed by atoms with van der Waals surface area (Å²) in [7, 11) is 1.54. The zero-order valence-corrected chi connectivity index (χ0v) is 18.8. The third kappa shape index (κ3) is 6.83. The highest BCUT2D eigenvalue weighted by atomic mass is 16.2. The summed E-state index contributed by atoms with van der Waals surface area (Å²) in [5.41, 5.74) is 4.33. The van der Waals surface area contributed by atoms with Crippen molar-refractivity contribution < 1.29 is 14.4 Å². The maximum Gasteiger partial charge on any atom is 0.323 e. The second-order valence-electron chi connectivity index (χ2n) is 7.63. The summed E-state index contributed by atoms with van der Waals surface area (Å²) in [5, 5.41) is 11.0. The summed E-state index contributed by atoms with van der Waals surface area (Å²) in [5.74, 6) is -0.293. The molecule has 0 unspecified atom stereocenters. The number of rotatable bonds is 6. The van der Waals surface area contributed by atoms with Crippen LogP contribution in [0.15, 0.2) is 72.8 Å². The van der Waals surface area contributed by atoms with Gasteiger partial charge in [0.15, 0.2) is 0 Å². The number of anilines is 4. The Labute approximate surface area is 193 Å². The number of hydrogen-bond donors (Lipinski definition) is 4. The number of carbonyl (C=O) groups is 3. The molecule has 3 aromatic carbocycles. The molecule has 0 aliphatic heterocycles. The lowest BCUT2D eigenvalue weighted by molar-refractivity contribution is -0.116. The van der Waals surface area contributed by atoms with Crippen LogP contribution in [0.3, 0.4) is 0 Å². The number of urea groups is 2. The van der Waals surface area contributed by atoms with Crippen molar-refractivity contribution in [1.29, 1.82) is 0 Å². The van der Waals surface area contributed by atoms with Gasteiger partial charge in [0.1, 0.15) is 6.54 Å². The van der Waals surface area contributed by atoms with Crippen molar-refractivity contribution >= 4 is 40.7 Å². The highest BCUT2D eigenvalue weighted by Crippen LogP contribution is 2.19. The highest BCUT2D eigenvalue weighted by molar-refractivity contribution is 6.01. The smallest absolute Gasteiger partial charge is 0.323 e. The minimum Gasteiger partial charge on any atom is -0.324 e. The Bertz CT molecular complexity index is 1130. The molecule has 0 aliphatic carbocycles. The minimum atomic E-state index is -0.447. The average Bonchev–Trinajstić information content (AvgIpc) is 2.77. The first kappa shape index (κ1) is 23.3. The minimum absolute atomic E-state index is 0.114. The van der Waals surface area contributed by atoms with Crippen LogP contribution in [0.4, 0.5) is 32.3 Å². The number of carbonyl (C=O) groups excluding carboxylic acids is 3. The Morgan fingerprint density at radius 3 is 1.91 bits per heavy atom. The summed E-state index contributed by atoms with van der Waals surface area (Å²) in [6.07, 6.45) is 0. The fourth-order valence-corrected chi connectivity index (χ4v) is 3.19. The van der Waals surface area contributed by atoms with E-state index in [1.165, 1.54) is 11.9 Å². The topological polar surface area (TPSA) is 103 Å². The molecule has 0 fully saturated rings. The average molecular weight is 446 g/mol. The Morgan fingerprint density at radius 2 is 1.24 bits per heavy atom. The maximum atomic E-state index is 12.5. The predicted molar refractivity (Wildman–Crippen MR) is 132 cm³/mol. The molecule has 8 heteroatoms. The lowest BCUT2D eigenvalue weighted by atomic mass is 10.1. The van der Waals surface area contributed by atoms with E-state index < -0.39 is 12.1 Å². The van der Waals surface area contributed by atoms with Gasteiger partial charge in [0.25, 0.3) is 0 Å². The van der Waals surface area contributed by atoms with Gasteiger partial charge in [-0.05, 0) is 55.3 Å². The van der Waals surface area contributed by atoms with Crippen LogP contribution >= 0.6 is 0 Å². The molecule has 0 atom stereocenters. The fourth-order valence-electron chi connectivity index (χ4n) is 3.19. The van der Waals surface area contributed by atoms with Crippen LogP contribution < -0.4 is 21.3 Å². The number of hydrogen-bond acceptors (Lipinski definition) is 3. The van der Waals surface area contributed by atoms with Gasteiger partial charge in [-0.2, -0.15) is 0 Å². The molecule has 0 aliphatic rings. The van der Waals surface area contributed by atoms with Crippen molar-refractivity contribution in [1.82, 2.24) is 4.90 Å². The van der Waals surface area contributed by atoms with Gasteiger partial charge < -0.3 is 26.2 Å². The van der Waals surface area contributed by atoms with Crippen molar-refractivity contribution in [2.45, 2.75) is 13.8 Å². The molecule has 170 valence electrons. The molecular weight excluding hydrogens is 418 g/mol. The third-order valence-corrected chi connectivity index (χ3v) is 4.88. The number of aryl methyl sites for hydroxylation is 2. The maximum absolute atomic E-state index is 12.5. The van der Waals surface area contributed by atoms with Gasteiger partial charge in [-0.25, -0.2) is 9.59 Å². The summed E-state index contributed by atoms with van der Waals surface area (Å²) in [6, 6.07) is 20.7. The molecular formula is C25H27N5O3. The first-order valence-electron chi connectivity index (χ1n) is 10.4. The second kappa shape index (κ2) is 10.8. The molecule has 0 heterocycles. The molecule has 0 spiro atoms. The van der Waals surface area contributed by atoms with E-state index in [9.17, 15) is 14.4 Å². The Morgan fingerprint density at radius 1 is 0.697 bits per heavy atom. The quantitative estimate of drug-likeness (QED) is 0.427. The number of benzene rings is 3. The monoisotopic (exact) mass is 445 g/mol. The third-order valence-electron chi connectivity index (χ3n) is 4.88. The molecule has 33 heavy (non-hydrogen) atoms. The SMILES string of the molecule is Cc1cccc(C)c1NC(=O)CN(C)C(=O)Nc1cccc(NC(=O)Nc2ccccc2)c1. The van der Waals surface area contributed by atoms with E-state index in [1.54, 1.807) is 36.4 Å². The Balaban J connectivity index is 1.54. The summed E-state index contributed by atoms with van der Waals surface area (Å²) in [6.45, 7) is 3.72. The normalized spacial score (nSPS) is 10.2. The van der Waals surface area contributed by atoms with Gasteiger partial charge in [-0.15, -0.1) is 0 Å². The van der Waals surface area contributed by atoms with Crippen LogP contribution in [0.2, 0.25) is 0 Å². The largest absolute Gasteiger partial charge is 0.324 e. The van der Waals surface area contributed by atoms with Crippen molar-refractivity contribution in [3.05, 3.63) is 83.9 Å². The highest BCUT2D eigenvalue weighted by Gasteiger charge is 2.15. The van der Waals surface area contributed by atoms with E-state index in [0.29, 0.717) is 17.1 Å². The molecule has 0 saturated heterocycles. The number of amides is 5. The standard InChI is InChI=1S/C25H27N5O3/c1-17-9-7-10-18(2)23(17)29-22(31)16-30(3)25(33)28-21-14-8-13-20(15-21)27-24(32)26-19-11-5-4-6-12-19/h4-15H,16H2,1-3H3,(H,28,33)(H,29,31)(H2,26,27,32). The molecule has 4 N–H and O–H groups in total. The molecule has 0 saturated carbocycles. The molecule has 5 amide bonds. The number of para-hydroxylation sites is 2. The Kier molecular flexibility index (Phi) is 7.64. The van der Waals surface area contributed by atoms with Crippen molar-refractivity contribution in [3.8, 4) is 0 Å². The molecule has 3 aromatic rings. The van der Waals surface area contributed by atoms with E-state index >= 15 is 0 Å². The van der Waals surface area contributed by atoms with Gasteiger partial charge in [0.2, 0.25) is 5.91 Å². The van der Waals surface area contributed by atoms with Gasteiger partial charge in [-0.3, -0.25) is 4.79 Å². The second-order valence-corrected chi connectivity index (χ2v) is 7.63. The predicted octanol–water partition coefficient (Wildman–Crippen LogP) is 5.05. The van der Waals surface area contributed by atoms with Gasteiger partial charge in [-0.1, -0.05) is 42.5 Å². The van der Waals surface area contributed by atoms with Crippen LogP contribution in [-0.2, 0) is 4.79 Å². The molecule has 3 rings (SSSR count). The van der Waals surface area contributed by atoms with Crippen LogP contribution in [-0.4, -0.2) is 36.5 Å². The summed E-state index contributed by atoms with van der Waals surface area (Å²) < 4.78 is 0. The summed E-state index contributed by atoms with van der Waals surface area (Å²) in [4.78, 5) is 38.4. The number of nitrogens with zero attached hydrogens (tertiary/aromatic N) is 1. The lowest BCUT2D eigenvalue weighted by Crippen LogP contribution is -2.37. The van der Waals surface area contributed by atoms with E-state index in [0.717, 1.165) is 16.8 Å². The van der Waals surface area contributed by atoms with E-state index in [1.807, 2.05) is 50.2 Å². The molecule has 0 bridgehead atoms. The first-order chi connectivity index (χ1) is 15.8. The molecule has 0 radical (unpaired) electrons. The van der Waals surface area contributed by atoms with Crippen molar-refractivity contribution in [2.75, 3.05) is 34.9 Å². The van der Waals surface area contributed by atoms with Crippen LogP contribution in [0.5, 0.6) is 0 Å². The number of likely N-dealkylation sites (N-methyl/N-ethyl adjacent to an activating group) is 1. The van der Waals surface area contributed by atoms with E-state index in [4.69, 9.17) is 0 Å². The van der Waals surface area contributed by atoms with Crippen LogP contribution in [0, 0.1) is 13.8 Å². The van der Waals surface area contributed by atoms with E-state index in [2.05, 4.69) is 21.3 Å². The number of nitrogens with one attached hydrogen (secondary N) is 4. The van der Waals surface area contributed by atoms with Gasteiger partial charge in [0, 0.05) is 29.8 Å². The molecule has 8 nitrogen and oxygen atoms in total. The van der Waals surface area contributed by atoms with Gasteiger partial charge >= 0.3 is 12.1 Å². The fraction of sp³-hybridized carbons (Fsp3) is 0.160. The van der Waals surface area contributed by atoms with Crippen LogP contribution in [0.25, 0.3) is 0 Å². The molecule has 0 aromatic heterocycles. The van der Waals surface area contributed by atoms with Crippen molar-refractivity contribution in [2.24, 2.45) is 0 Å². The van der Waals surface area contributed by atoms with Crippen LogP contribution in [0.1, 0.15) is 11.1 Å².